The van der Waals surface area contributed by atoms with Crippen molar-refractivity contribution in [3.63, 3.8) is 0 Å². The van der Waals surface area contributed by atoms with Gasteiger partial charge in [0.05, 0.1) is 18.5 Å². The van der Waals surface area contributed by atoms with Gasteiger partial charge in [-0.2, -0.15) is 0 Å². The normalized spacial score (nSPS) is 19.7. The number of carbonyl (C=O) groups excluding carboxylic acids is 2. The number of ether oxygens (including phenoxy) is 1. The number of anilines is 2. The zero-order valence-corrected chi connectivity index (χ0v) is 15.5. The quantitative estimate of drug-likeness (QED) is 0.712. The molecule has 27 heavy (non-hydrogen) atoms. The lowest BCUT2D eigenvalue weighted by Crippen LogP contribution is -2.22. The molecule has 2 heterocycles. The van der Waals surface area contributed by atoms with E-state index >= 15 is 0 Å². The second-order valence-electron chi connectivity index (χ2n) is 6.78. The third-order valence-corrected chi connectivity index (χ3v) is 4.80. The van der Waals surface area contributed by atoms with Gasteiger partial charge in [0.15, 0.2) is 0 Å². The van der Waals surface area contributed by atoms with Crippen LogP contribution >= 0.6 is 0 Å². The first-order chi connectivity index (χ1) is 13.0. The fourth-order valence-electron chi connectivity index (χ4n) is 3.14. The molecule has 142 valence electrons. The molecule has 3 rings (SSSR count). The average molecular weight is 368 g/mol. The first-order valence-corrected chi connectivity index (χ1v) is 8.99. The summed E-state index contributed by atoms with van der Waals surface area (Å²) < 4.78 is 4.63. The number of methoxy groups -OCH3 is 1. The Labute approximate surface area is 158 Å². The van der Waals surface area contributed by atoms with E-state index in [1.54, 1.807) is 18.3 Å². The molecule has 1 aromatic carbocycles. The van der Waals surface area contributed by atoms with Gasteiger partial charge in [0.2, 0.25) is 5.91 Å². The molecule has 4 N–H and O–H groups in total. The molecule has 1 aliphatic rings. The minimum atomic E-state index is -0.575. The van der Waals surface area contributed by atoms with Crippen LogP contribution in [0.25, 0.3) is 11.3 Å². The molecule has 0 saturated heterocycles. The Balaban J connectivity index is 2.07. The number of hydrogen-bond donors (Lipinski definition) is 3. The van der Waals surface area contributed by atoms with E-state index in [2.05, 4.69) is 20.4 Å². The number of benzene rings is 1. The van der Waals surface area contributed by atoms with Gasteiger partial charge in [-0.25, -0.2) is 4.79 Å². The summed E-state index contributed by atoms with van der Waals surface area (Å²) in [6.07, 6.45) is 3.59. The molecule has 0 spiro atoms. The van der Waals surface area contributed by atoms with E-state index in [0.29, 0.717) is 11.4 Å². The molecule has 2 bridgehead atoms. The second-order valence-corrected chi connectivity index (χ2v) is 6.78. The van der Waals surface area contributed by atoms with Gasteiger partial charge in [-0.1, -0.05) is 13.3 Å². The number of nitrogens with two attached hydrogens (primary N) is 1. The van der Waals surface area contributed by atoms with Crippen LogP contribution in [0.5, 0.6) is 0 Å². The zero-order valence-electron chi connectivity index (χ0n) is 15.5. The molecule has 0 fully saturated rings. The Morgan fingerprint density at radius 3 is 2.89 bits per heavy atom. The summed E-state index contributed by atoms with van der Waals surface area (Å²) in [6.45, 7) is 1.90. The molecule has 2 atom stereocenters. The van der Waals surface area contributed by atoms with Crippen LogP contribution in [-0.4, -0.2) is 24.1 Å². The predicted molar refractivity (Wildman–Crippen MR) is 104 cm³/mol. The van der Waals surface area contributed by atoms with Gasteiger partial charge < -0.3 is 15.8 Å². The third kappa shape index (κ3) is 4.43. The molecule has 2 aromatic rings. The van der Waals surface area contributed by atoms with E-state index in [1.807, 2.05) is 25.1 Å². The summed E-state index contributed by atoms with van der Waals surface area (Å²) in [4.78, 5) is 28.6. The molecule has 7 heteroatoms. The van der Waals surface area contributed by atoms with Crippen LogP contribution in [0.4, 0.5) is 16.2 Å². The van der Waals surface area contributed by atoms with Gasteiger partial charge in [-0.05, 0) is 48.7 Å². The fourth-order valence-corrected chi connectivity index (χ4v) is 3.14. The number of fused-ring (bicyclic) bond motifs is 4. The van der Waals surface area contributed by atoms with Crippen molar-refractivity contribution in [3.8, 4) is 11.3 Å². The Morgan fingerprint density at radius 2 is 2.11 bits per heavy atom. The summed E-state index contributed by atoms with van der Waals surface area (Å²) >= 11 is 0. The smallest absolute Gasteiger partial charge is 0.411 e. The summed E-state index contributed by atoms with van der Waals surface area (Å²) in [5, 5.41) is 5.59. The fraction of sp³-hybridized carbons (Fsp3) is 0.350. The van der Waals surface area contributed by atoms with Gasteiger partial charge in [-0.15, -0.1) is 0 Å². The highest BCUT2D eigenvalue weighted by Crippen LogP contribution is 2.32. The third-order valence-electron chi connectivity index (χ3n) is 4.80. The number of nitrogens with one attached hydrogen (secondary N) is 2. The molecule has 0 unspecified atom stereocenters. The van der Waals surface area contributed by atoms with Crippen molar-refractivity contribution >= 4 is 23.4 Å². The Kier molecular flexibility index (Phi) is 5.71. The molecular formula is C20H24N4O3. The van der Waals surface area contributed by atoms with Crippen molar-refractivity contribution < 1.29 is 14.3 Å². The van der Waals surface area contributed by atoms with Crippen LogP contribution in [0.1, 0.15) is 37.8 Å². The van der Waals surface area contributed by atoms with Gasteiger partial charge in [-0.3, -0.25) is 15.1 Å². The minimum absolute atomic E-state index is 0.0724. The Hall–Kier alpha value is -2.93. The highest BCUT2D eigenvalue weighted by atomic mass is 16.5. The number of amides is 2. The van der Waals surface area contributed by atoms with Crippen molar-refractivity contribution in [2.75, 3.05) is 17.7 Å². The van der Waals surface area contributed by atoms with Crippen LogP contribution < -0.4 is 16.4 Å². The number of carbonyl (C=O) groups is 2. The highest BCUT2D eigenvalue weighted by Gasteiger charge is 2.19. The largest absolute Gasteiger partial charge is 0.453 e. The average Bonchev–Trinajstić information content (AvgIpc) is 2.67. The molecule has 1 aliphatic heterocycles. The number of hydrogen-bond acceptors (Lipinski definition) is 5. The van der Waals surface area contributed by atoms with E-state index < -0.39 is 6.09 Å². The predicted octanol–water partition coefficient (Wildman–Crippen LogP) is 3.69. The topological polar surface area (TPSA) is 106 Å². The lowest BCUT2D eigenvalue weighted by atomic mass is 9.95. The monoisotopic (exact) mass is 368 g/mol. The summed E-state index contributed by atoms with van der Waals surface area (Å²) in [5.74, 6) is -0.218. The van der Waals surface area contributed by atoms with E-state index in [1.165, 1.54) is 7.11 Å². The molecule has 7 nitrogen and oxygen atoms in total. The number of rotatable bonds is 1. The zero-order chi connectivity index (χ0) is 19.4. The van der Waals surface area contributed by atoms with Crippen LogP contribution in [-0.2, 0) is 9.53 Å². The van der Waals surface area contributed by atoms with E-state index in [-0.39, 0.29) is 17.9 Å². The van der Waals surface area contributed by atoms with E-state index in [4.69, 9.17) is 5.73 Å². The standard InChI is InChI=1S/C20H24N4O3/c1-12-4-3-5-16(21)13-8-9-22-17(10-13)15-7-6-14(23-20(26)27-2)11-18(15)24-19(12)25/h6-12,16H,3-5,21H2,1-2H3,(H,23,26)(H,24,25)/t12-,16-/m0/s1. The number of pyridine rings is 1. The SMILES string of the molecule is COC(=O)Nc1ccc2c(c1)NC(=O)[C@@H](C)CCC[C@H](N)c1ccnc-2c1. The summed E-state index contributed by atoms with van der Waals surface area (Å²) in [7, 11) is 1.30. The van der Waals surface area contributed by atoms with Gasteiger partial charge >= 0.3 is 6.09 Å². The first kappa shape index (κ1) is 18.8. The lowest BCUT2D eigenvalue weighted by Gasteiger charge is -2.19. The maximum Gasteiger partial charge on any atom is 0.411 e. The van der Waals surface area contributed by atoms with Crippen LogP contribution in [0.2, 0.25) is 0 Å². The van der Waals surface area contributed by atoms with Crippen molar-refractivity contribution in [3.05, 3.63) is 42.1 Å². The van der Waals surface area contributed by atoms with Crippen molar-refractivity contribution in [2.24, 2.45) is 11.7 Å². The van der Waals surface area contributed by atoms with Crippen molar-refractivity contribution in [1.82, 2.24) is 4.98 Å². The number of nitrogens with zero attached hydrogens (tertiary/aromatic N) is 1. The lowest BCUT2D eigenvalue weighted by molar-refractivity contribution is -0.119. The van der Waals surface area contributed by atoms with Crippen LogP contribution in [0, 0.1) is 5.92 Å². The maximum atomic E-state index is 12.6. The van der Waals surface area contributed by atoms with E-state index in [0.717, 1.165) is 36.1 Å². The van der Waals surface area contributed by atoms with Crippen LogP contribution in [0.15, 0.2) is 36.5 Å². The molecule has 2 amide bonds. The van der Waals surface area contributed by atoms with Gasteiger partial charge in [0, 0.05) is 29.4 Å². The molecule has 0 saturated carbocycles. The molecule has 1 aromatic heterocycles. The Morgan fingerprint density at radius 1 is 1.30 bits per heavy atom. The molecule has 0 radical (unpaired) electrons. The van der Waals surface area contributed by atoms with Crippen LogP contribution in [0.3, 0.4) is 0 Å². The van der Waals surface area contributed by atoms with Crippen molar-refractivity contribution in [2.45, 2.75) is 32.2 Å². The first-order valence-electron chi connectivity index (χ1n) is 8.99. The van der Waals surface area contributed by atoms with E-state index in [9.17, 15) is 9.59 Å². The van der Waals surface area contributed by atoms with Crippen molar-refractivity contribution in [1.29, 1.82) is 0 Å². The second kappa shape index (κ2) is 8.18. The van der Waals surface area contributed by atoms with Gasteiger partial charge in [0.25, 0.3) is 0 Å². The highest BCUT2D eigenvalue weighted by molar-refractivity contribution is 5.98. The molecule has 0 aliphatic carbocycles. The molecular weight excluding hydrogens is 344 g/mol. The van der Waals surface area contributed by atoms with Gasteiger partial charge in [0.1, 0.15) is 0 Å². The summed E-state index contributed by atoms with van der Waals surface area (Å²) in [6, 6.07) is 9.05. The number of aromatic nitrogens is 1. The minimum Gasteiger partial charge on any atom is -0.453 e. The summed E-state index contributed by atoms with van der Waals surface area (Å²) in [5.41, 5.74) is 9.93. The maximum absolute atomic E-state index is 12.6. The Bertz CT molecular complexity index is 853.